The molecule has 3 N–H and O–H groups in total. The molecule has 1 rings (SSSR count). The Kier molecular flexibility index (Phi) is 3.96. The van der Waals surface area contributed by atoms with Crippen LogP contribution in [0.2, 0.25) is 0 Å². The van der Waals surface area contributed by atoms with Crippen molar-refractivity contribution in [3.05, 3.63) is 23.5 Å². The number of rotatable bonds is 2. The molecule has 1 aromatic heterocycles. The first-order valence-electron chi connectivity index (χ1n) is 4.59. The molecule has 0 aliphatic rings. The van der Waals surface area contributed by atoms with Crippen molar-refractivity contribution >= 4 is 5.69 Å². The fraction of sp³-hybridized carbons (Fsp3) is 0.364. The van der Waals surface area contributed by atoms with Crippen molar-refractivity contribution in [2.75, 3.05) is 19.3 Å². The standard InChI is InChI=1S/C11H15N3/c1-9-7-10(12)11(14-8-9)5-3-4-6-13-2/h7-8,13H,4,6,12H2,1-2H3. The predicted octanol–water partition coefficient (Wildman–Crippen LogP) is 0.933. The Labute approximate surface area is 84.7 Å². The maximum atomic E-state index is 5.76. The number of pyridine rings is 1. The lowest BCUT2D eigenvalue weighted by atomic mass is 10.2. The largest absolute Gasteiger partial charge is 0.396 e. The van der Waals surface area contributed by atoms with E-state index in [0.717, 1.165) is 18.5 Å². The molecule has 0 radical (unpaired) electrons. The summed E-state index contributed by atoms with van der Waals surface area (Å²) in [5.41, 5.74) is 8.14. The number of aryl methyl sites for hydroxylation is 1. The molecule has 0 aromatic carbocycles. The molecule has 1 heterocycles. The number of anilines is 1. The molecular formula is C11H15N3. The minimum atomic E-state index is 0.655. The van der Waals surface area contributed by atoms with E-state index in [0.29, 0.717) is 11.4 Å². The molecular weight excluding hydrogens is 174 g/mol. The first kappa shape index (κ1) is 10.6. The highest BCUT2D eigenvalue weighted by molar-refractivity contribution is 5.52. The van der Waals surface area contributed by atoms with Gasteiger partial charge < -0.3 is 11.1 Å². The molecule has 0 saturated carbocycles. The van der Waals surface area contributed by atoms with Crippen LogP contribution in [0.15, 0.2) is 12.3 Å². The second-order valence-electron chi connectivity index (χ2n) is 3.11. The molecule has 0 aliphatic carbocycles. The monoisotopic (exact) mass is 189 g/mol. The normalized spacial score (nSPS) is 9.29. The number of nitrogens with one attached hydrogen (secondary N) is 1. The number of aromatic nitrogens is 1. The zero-order valence-electron chi connectivity index (χ0n) is 8.59. The van der Waals surface area contributed by atoms with Gasteiger partial charge in [0, 0.05) is 19.2 Å². The van der Waals surface area contributed by atoms with E-state index in [1.807, 2.05) is 20.0 Å². The summed E-state index contributed by atoms with van der Waals surface area (Å²) in [7, 11) is 1.90. The van der Waals surface area contributed by atoms with Crippen LogP contribution in [0.1, 0.15) is 17.7 Å². The van der Waals surface area contributed by atoms with Gasteiger partial charge in [-0.05, 0) is 31.5 Å². The van der Waals surface area contributed by atoms with E-state index in [4.69, 9.17) is 5.73 Å². The van der Waals surface area contributed by atoms with Gasteiger partial charge in [0.05, 0.1) is 5.69 Å². The summed E-state index contributed by atoms with van der Waals surface area (Å²) in [6.45, 7) is 2.85. The van der Waals surface area contributed by atoms with Gasteiger partial charge in [-0.15, -0.1) is 0 Å². The fourth-order valence-corrected chi connectivity index (χ4v) is 1.03. The Morgan fingerprint density at radius 3 is 3.00 bits per heavy atom. The highest BCUT2D eigenvalue weighted by Gasteiger charge is 1.95. The van der Waals surface area contributed by atoms with E-state index < -0.39 is 0 Å². The molecule has 0 aliphatic heterocycles. The van der Waals surface area contributed by atoms with Crippen LogP contribution in [0.25, 0.3) is 0 Å². The smallest absolute Gasteiger partial charge is 0.136 e. The Bertz CT molecular complexity index is 361. The van der Waals surface area contributed by atoms with E-state index in [1.165, 1.54) is 0 Å². The summed E-state index contributed by atoms with van der Waals surface area (Å²) < 4.78 is 0. The van der Waals surface area contributed by atoms with Crippen LogP contribution in [0.5, 0.6) is 0 Å². The van der Waals surface area contributed by atoms with Gasteiger partial charge in [0.25, 0.3) is 0 Å². The topological polar surface area (TPSA) is 50.9 Å². The van der Waals surface area contributed by atoms with Crippen molar-refractivity contribution in [3.8, 4) is 11.8 Å². The lowest BCUT2D eigenvalue weighted by molar-refractivity contribution is 0.818. The molecule has 74 valence electrons. The minimum absolute atomic E-state index is 0.655. The molecule has 1 aromatic rings. The van der Waals surface area contributed by atoms with Crippen molar-refractivity contribution in [2.24, 2.45) is 0 Å². The molecule has 3 nitrogen and oxygen atoms in total. The van der Waals surface area contributed by atoms with Crippen LogP contribution in [0, 0.1) is 18.8 Å². The van der Waals surface area contributed by atoms with Gasteiger partial charge in [-0.25, -0.2) is 4.98 Å². The SMILES string of the molecule is CNCCC#Cc1ncc(C)cc1N. The lowest BCUT2D eigenvalue weighted by Crippen LogP contribution is -2.06. The maximum absolute atomic E-state index is 5.76. The molecule has 0 bridgehead atoms. The van der Waals surface area contributed by atoms with Crippen LogP contribution in [0.4, 0.5) is 5.69 Å². The summed E-state index contributed by atoms with van der Waals surface area (Å²) in [6.07, 6.45) is 2.59. The molecule has 0 spiro atoms. The Morgan fingerprint density at radius 2 is 2.36 bits per heavy atom. The highest BCUT2D eigenvalue weighted by atomic mass is 14.8. The Balaban J connectivity index is 2.70. The summed E-state index contributed by atoms with van der Waals surface area (Å²) in [5.74, 6) is 5.96. The molecule has 14 heavy (non-hydrogen) atoms. The second-order valence-corrected chi connectivity index (χ2v) is 3.11. The Morgan fingerprint density at radius 1 is 1.57 bits per heavy atom. The molecule has 0 saturated heterocycles. The third-order valence-electron chi connectivity index (χ3n) is 1.76. The zero-order valence-corrected chi connectivity index (χ0v) is 8.59. The predicted molar refractivity (Wildman–Crippen MR) is 58.8 cm³/mol. The van der Waals surface area contributed by atoms with E-state index in [9.17, 15) is 0 Å². The van der Waals surface area contributed by atoms with Gasteiger partial charge in [0.2, 0.25) is 0 Å². The third-order valence-corrected chi connectivity index (χ3v) is 1.76. The van der Waals surface area contributed by atoms with Crippen LogP contribution >= 0.6 is 0 Å². The van der Waals surface area contributed by atoms with Gasteiger partial charge in [-0.1, -0.05) is 5.92 Å². The van der Waals surface area contributed by atoms with Crippen molar-refractivity contribution in [1.82, 2.24) is 10.3 Å². The van der Waals surface area contributed by atoms with E-state index in [2.05, 4.69) is 22.1 Å². The number of nitrogen functional groups attached to an aromatic ring is 1. The summed E-state index contributed by atoms with van der Waals surface area (Å²) in [4.78, 5) is 4.16. The fourth-order valence-electron chi connectivity index (χ4n) is 1.03. The molecule has 3 heteroatoms. The number of hydrogen-bond acceptors (Lipinski definition) is 3. The average Bonchev–Trinajstić information content (AvgIpc) is 2.15. The number of hydrogen-bond donors (Lipinski definition) is 2. The lowest BCUT2D eigenvalue weighted by Gasteiger charge is -1.97. The first-order valence-corrected chi connectivity index (χ1v) is 4.59. The van der Waals surface area contributed by atoms with Crippen LogP contribution in [-0.4, -0.2) is 18.6 Å². The quantitative estimate of drug-likeness (QED) is 0.537. The minimum Gasteiger partial charge on any atom is -0.396 e. The molecule has 0 atom stereocenters. The summed E-state index contributed by atoms with van der Waals surface area (Å²) in [5, 5.41) is 3.02. The third kappa shape index (κ3) is 3.08. The van der Waals surface area contributed by atoms with Crippen LogP contribution in [-0.2, 0) is 0 Å². The molecule has 0 fully saturated rings. The number of nitrogens with two attached hydrogens (primary N) is 1. The summed E-state index contributed by atoms with van der Waals surface area (Å²) >= 11 is 0. The summed E-state index contributed by atoms with van der Waals surface area (Å²) in [6, 6.07) is 1.88. The average molecular weight is 189 g/mol. The second kappa shape index (κ2) is 5.25. The van der Waals surface area contributed by atoms with E-state index >= 15 is 0 Å². The van der Waals surface area contributed by atoms with Gasteiger partial charge in [0.15, 0.2) is 0 Å². The first-order chi connectivity index (χ1) is 6.74. The van der Waals surface area contributed by atoms with Crippen molar-refractivity contribution < 1.29 is 0 Å². The molecule has 0 amide bonds. The zero-order chi connectivity index (χ0) is 10.4. The highest BCUT2D eigenvalue weighted by Crippen LogP contribution is 2.08. The Hall–Kier alpha value is -1.53. The molecule has 0 unspecified atom stereocenters. The van der Waals surface area contributed by atoms with Gasteiger partial charge >= 0.3 is 0 Å². The van der Waals surface area contributed by atoms with E-state index in [1.54, 1.807) is 6.20 Å². The van der Waals surface area contributed by atoms with Gasteiger partial charge in [-0.3, -0.25) is 0 Å². The maximum Gasteiger partial charge on any atom is 0.136 e. The van der Waals surface area contributed by atoms with Crippen LogP contribution in [0.3, 0.4) is 0 Å². The van der Waals surface area contributed by atoms with Crippen molar-refractivity contribution in [1.29, 1.82) is 0 Å². The van der Waals surface area contributed by atoms with Gasteiger partial charge in [-0.2, -0.15) is 0 Å². The van der Waals surface area contributed by atoms with Gasteiger partial charge in [0.1, 0.15) is 5.69 Å². The van der Waals surface area contributed by atoms with Crippen LogP contribution < -0.4 is 11.1 Å². The number of nitrogens with zero attached hydrogens (tertiary/aromatic N) is 1. The van der Waals surface area contributed by atoms with Crippen molar-refractivity contribution in [3.63, 3.8) is 0 Å². The van der Waals surface area contributed by atoms with Crippen molar-refractivity contribution in [2.45, 2.75) is 13.3 Å². The van der Waals surface area contributed by atoms with E-state index in [-0.39, 0.29) is 0 Å².